The summed E-state index contributed by atoms with van der Waals surface area (Å²) in [5.74, 6) is -0.0625. The molecule has 1 aliphatic rings. The molecule has 0 saturated heterocycles. The second kappa shape index (κ2) is 2.78. The minimum absolute atomic E-state index is 0.0625. The maximum Gasteiger partial charge on any atom is 0.128 e. The molecular formula is C6H6ClNO. The molecule has 48 valence electrons. The van der Waals surface area contributed by atoms with E-state index in [2.05, 4.69) is 4.99 Å². The molecule has 0 radical (unpaired) electrons. The Labute approximate surface area is 58.2 Å². The van der Waals surface area contributed by atoms with E-state index < -0.39 is 0 Å². The number of hydrogen-bond donors (Lipinski definition) is 0. The Bertz CT molecular complexity index is 174. The number of allylic oxidation sites excluding steroid dienone is 1. The number of aldehydes is 1. The number of carbonyl (C=O) groups excluding carboxylic acids is 1. The Hall–Kier alpha value is -0.630. The van der Waals surface area contributed by atoms with Crippen molar-refractivity contribution in [2.45, 2.75) is 0 Å². The van der Waals surface area contributed by atoms with E-state index in [-0.39, 0.29) is 5.92 Å². The number of carbonyl (C=O) groups is 1. The molecule has 0 bridgehead atoms. The van der Waals surface area contributed by atoms with Crippen molar-refractivity contribution in [3.05, 3.63) is 12.2 Å². The average Bonchev–Trinajstić information content (AvgIpc) is 1.90. The summed E-state index contributed by atoms with van der Waals surface area (Å²) in [5.41, 5.74) is 0. The normalized spacial score (nSPS) is 25.4. The van der Waals surface area contributed by atoms with Crippen molar-refractivity contribution in [3.8, 4) is 0 Å². The van der Waals surface area contributed by atoms with Crippen LogP contribution < -0.4 is 0 Å². The van der Waals surface area contributed by atoms with Gasteiger partial charge in [-0.2, -0.15) is 0 Å². The maximum atomic E-state index is 10.1. The second-order valence-electron chi connectivity index (χ2n) is 1.82. The lowest BCUT2D eigenvalue weighted by Gasteiger charge is -2.03. The summed E-state index contributed by atoms with van der Waals surface area (Å²) < 4.78 is 0. The molecule has 2 nitrogen and oxygen atoms in total. The summed E-state index contributed by atoms with van der Waals surface area (Å²) in [6.07, 6.45) is 4.26. The van der Waals surface area contributed by atoms with E-state index in [9.17, 15) is 4.79 Å². The summed E-state index contributed by atoms with van der Waals surface area (Å²) in [6.45, 7) is 0.499. The molecule has 0 aromatic rings. The zero-order valence-corrected chi connectivity index (χ0v) is 5.51. The number of halogens is 1. The zero-order valence-electron chi connectivity index (χ0n) is 4.75. The molecule has 1 unspecified atom stereocenters. The standard InChI is InChI=1S/C6H6ClNO/c7-6-2-1-5(4-9)3-8-6/h1-2,4-5H,3H2. The first kappa shape index (κ1) is 6.49. The monoisotopic (exact) mass is 143 g/mol. The van der Waals surface area contributed by atoms with E-state index in [1.54, 1.807) is 12.2 Å². The molecule has 0 saturated carbocycles. The Balaban J connectivity index is 2.58. The summed E-state index contributed by atoms with van der Waals surface area (Å²) in [4.78, 5) is 13.9. The highest BCUT2D eigenvalue weighted by molar-refractivity contribution is 6.68. The second-order valence-corrected chi connectivity index (χ2v) is 2.21. The Kier molecular flexibility index (Phi) is 2.01. The Morgan fingerprint density at radius 1 is 1.89 bits per heavy atom. The lowest BCUT2D eigenvalue weighted by molar-refractivity contribution is -0.109. The minimum atomic E-state index is -0.0625. The molecule has 0 fully saturated rings. The first-order valence-corrected chi connectivity index (χ1v) is 3.04. The van der Waals surface area contributed by atoms with E-state index >= 15 is 0 Å². The van der Waals surface area contributed by atoms with Gasteiger partial charge in [0.25, 0.3) is 0 Å². The highest BCUT2D eigenvalue weighted by atomic mass is 35.5. The smallest absolute Gasteiger partial charge is 0.128 e. The molecule has 0 amide bonds. The fourth-order valence-electron chi connectivity index (χ4n) is 0.598. The zero-order chi connectivity index (χ0) is 6.69. The number of aliphatic imine (C=N–C) groups is 1. The third-order valence-electron chi connectivity index (χ3n) is 1.11. The molecule has 0 N–H and O–H groups in total. The van der Waals surface area contributed by atoms with Crippen LogP contribution in [-0.4, -0.2) is 18.0 Å². The molecule has 9 heavy (non-hydrogen) atoms. The average molecular weight is 144 g/mol. The first-order valence-electron chi connectivity index (χ1n) is 2.66. The van der Waals surface area contributed by atoms with Gasteiger partial charge in [0.05, 0.1) is 12.5 Å². The quantitative estimate of drug-likeness (QED) is 0.504. The van der Waals surface area contributed by atoms with Gasteiger partial charge in [-0.05, 0) is 6.08 Å². The fraction of sp³-hybridized carbons (Fsp3) is 0.333. The number of nitrogens with zero attached hydrogens (tertiary/aromatic N) is 1. The molecule has 1 heterocycles. The van der Waals surface area contributed by atoms with Crippen molar-refractivity contribution in [2.24, 2.45) is 10.9 Å². The summed E-state index contributed by atoms with van der Waals surface area (Å²) in [7, 11) is 0. The van der Waals surface area contributed by atoms with Gasteiger partial charge in [0.1, 0.15) is 11.5 Å². The maximum absolute atomic E-state index is 10.1. The molecule has 1 atom stereocenters. The van der Waals surface area contributed by atoms with Gasteiger partial charge in [-0.1, -0.05) is 17.7 Å². The molecule has 0 aromatic heterocycles. The van der Waals surface area contributed by atoms with Gasteiger partial charge in [-0.25, -0.2) is 0 Å². The fourth-order valence-corrected chi connectivity index (χ4v) is 0.739. The molecule has 0 aromatic carbocycles. The number of hydrogen-bond acceptors (Lipinski definition) is 2. The number of dihydropyridines is 1. The van der Waals surface area contributed by atoms with E-state index in [4.69, 9.17) is 11.6 Å². The van der Waals surface area contributed by atoms with Gasteiger partial charge in [0.15, 0.2) is 0 Å². The van der Waals surface area contributed by atoms with Crippen LogP contribution in [0.2, 0.25) is 0 Å². The summed E-state index contributed by atoms with van der Waals surface area (Å²) >= 11 is 5.49. The minimum Gasteiger partial charge on any atom is -0.303 e. The van der Waals surface area contributed by atoms with Gasteiger partial charge in [0.2, 0.25) is 0 Å². The van der Waals surface area contributed by atoms with E-state index in [0.717, 1.165) is 6.29 Å². The first-order chi connectivity index (χ1) is 4.33. The number of rotatable bonds is 1. The van der Waals surface area contributed by atoms with E-state index in [1.807, 2.05) is 0 Å². The van der Waals surface area contributed by atoms with Crippen LogP contribution in [0.15, 0.2) is 17.1 Å². The van der Waals surface area contributed by atoms with Crippen molar-refractivity contribution in [3.63, 3.8) is 0 Å². The molecule has 0 aliphatic carbocycles. The molecule has 0 spiro atoms. The lowest BCUT2D eigenvalue weighted by atomic mass is 10.1. The van der Waals surface area contributed by atoms with Crippen molar-refractivity contribution in [2.75, 3.05) is 6.54 Å². The van der Waals surface area contributed by atoms with Gasteiger partial charge < -0.3 is 4.79 Å². The van der Waals surface area contributed by atoms with Crippen LogP contribution in [0.25, 0.3) is 0 Å². The van der Waals surface area contributed by atoms with Crippen LogP contribution in [-0.2, 0) is 4.79 Å². The van der Waals surface area contributed by atoms with Crippen LogP contribution in [0.3, 0.4) is 0 Å². The van der Waals surface area contributed by atoms with Gasteiger partial charge >= 0.3 is 0 Å². The third kappa shape index (κ3) is 1.64. The topological polar surface area (TPSA) is 29.4 Å². The molecule has 3 heteroatoms. The largest absolute Gasteiger partial charge is 0.303 e. The SMILES string of the molecule is O=CC1C=CC(Cl)=NC1. The van der Waals surface area contributed by atoms with Crippen LogP contribution >= 0.6 is 11.6 Å². The highest BCUT2D eigenvalue weighted by Gasteiger charge is 2.05. The van der Waals surface area contributed by atoms with E-state index in [0.29, 0.717) is 11.7 Å². The lowest BCUT2D eigenvalue weighted by Crippen LogP contribution is -2.07. The highest BCUT2D eigenvalue weighted by Crippen LogP contribution is 2.04. The van der Waals surface area contributed by atoms with Crippen LogP contribution in [0.5, 0.6) is 0 Å². The van der Waals surface area contributed by atoms with Crippen molar-refractivity contribution >= 4 is 23.1 Å². The molecule has 1 rings (SSSR count). The van der Waals surface area contributed by atoms with Gasteiger partial charge in [-0.3, -0.25) is 4.99 Å². The van der Waals surface area contributed by atoms with Crippen molar-refractivity contribution in [1.82, 2.24) is 0 Å². The molecular weight excluding hydrogens is 138 g/mol. The van der Waals surface area contributed by atoms with E-state index in [1.165, 1.54) is 0 Å². The predicted molar refractivity (Wildman–Crippen MR) is 36.8 cm³/mol. The van der Waals surface area contributed by atoms with Gasteiger partial charge in [0, 0.05) is 0 Å². The summed E-state index contributed by atoms with van der Waals surface area (Å²) in [6, 6.07) is 0. The molecule has 1 aliphatic heterocycles. The summed E-state index contributed by atoms with van der Waals surface area (Å²) in [5, 5.41) is 0.480. The van der Waals surface area contributed by atoms with Crippen LogP contribution in [0, 0.1) is 5.92 Å². The Morgan fingerprint density at radius 3 is 3.11 bits per heavy atom. The van der Waals surface area contributed by atoms with Gasteiger partial charge in [-0.15, -0.1) is 0 Å². The third-order valence-corrected chi connectivity index (χ3v) is 1.35. The van der Waals surface area contributed by atoms with Crippen LogP contribution in [0.4, 0.5) is 0 Å². The Morgan fingerprint density at radius 2 is 2.67 bits per heavy atom. The van der Waals surface area contributed by atoms with Crippen molar-refractivity contribution in [1.29, 1.82) is 0 Å². The van der Waals surface area contributed by atoms with Crippen LogP contribution in [0.1, 0.15) is 0 Å². The van der Waals surface area contributed by atoms with Crippen molar-refractivity contribution < 1.29 is 4.79 Å². The predicted octanol–water partition coefficient (Wildman–Crippen LogP) is 1.01.